The number of rotatable bonds is 4. The maximum Gasteiger partial charge on any atom is 0.336 e. The Morgan fingerprint density at radius 1 is 1.62 bits per heavy atom. The zero-order valence-electron chi connectivity index (χ0n) is 9.52. The van der Waals surface area contributed by atoms with Gasteiger partial charge in [-0.15, -0.1) is 0 Å². The highest BCUT2D eigenvalue weighted by atomic mass is 16.6. The Balaban J connectivity index is 1.86. The molecule has 1 N–H and O–H groups in total. The maximum atomic E-state index is 11.4. The number of esters is 1. The zero-order chi connectivity index (χ0) is 11.7. The Labute approximate surface area is 95.2 Å². The molecular weight excluding hydrogens is 208 g/mol. The predicted octanol–water partition coefficient (Wildman–Crippen LogP) is 1.03. The molecule has 0 radical (unpaired) electrons. The molecule has 2 saturated heterocycles. The van der Waals surface area contributed by atoms with Crippen molar-refractivity contribution in [3.63, 3.8) is 0 Å². The summed E-state index contributed by atoms with van der Waals surface area (Å²) in [6.07, 6.45) is 3.62. The highest BCUT2D eigenvalue weighted by molar-refractivity contribution is 5.88. The standard InChI is InChI=1S/C12H18O4/c1-7(6-13)12(14)15-8(2)10-5-9-3-4-11(10)16-9/h8-11,13H,1,3-6H2,2H3. The molecule has 16 heavy (non-hydrogen) atoms. The monoisotopic (exact) mass is 226 g/mol. The first kappa shape index (κ1) is 11.6. The average molecular weight is 226 g/mol. The van der Waals surface area contributed by atoms with Crippen LogP contribution in [0.25, 0.3) is 0 Å². The van der Waals surface area contributed by atoms with E-state index in [0.29, 0.717) is 12.0 Å². The SMILES string of the molecule is C=C(CO)C(=O)OC(C)C1CC2CCC1O2. The Bertz CT molecular complexity index is 299. The summed E-state index contributed by atoms with van der Waals surface area (Å²) in [6, 6.07) is 0. The summed E-state index contributed by atoms with van der Waals surface area (Å²) >= 11 is 0. The molecule has 90 valence electrons. The minimum atomic E-state index is -0.502. The van der Waals surface area contributed by atoms with Gasteiger partial charge in [0.05, 0.1) is 24.4 Å². The lowest BCUT2D eigenvalue weighted by Crippen LogP contribution is -2.31. The molecule has 2 fully saturated rings. The molecule has 4 heteroatoms. The molecule has 4 nitrogen and oxygen atoms in total. The average Bonchev–Trinajstić information content (AvgIpc) is 2.89. The van der Waals surface area contributed by atoms with Crippen LogP contribution in [0.5, 0.6) is 0 Å². The van der Waals surface area contributed by atoms with Gasteiger partial charge in [-0.1, -0.05) is 6.58 Å². The molecule has 0 aromatic carbocycles. The number of hydrogen-bond donors (Lipinski definition) is 1. The lowest BCUT2D eigenvalue weighted by Gasteiger charge is -2.25. The highest BCUT2D eigenvalue weighted by Gasteiger charge is 2.44. The van der Waals surface area contributed by atoms with Gasteiger partial charge in [-0.3, -0.25) is 0 Å². The lowest BCUT2D eigenvalue weighted by atomic mass is 9.86. The molecule has 2 heterocycles. The topological polar surface area (TPSA) is 55.8 Å². The van der Waals surface area contributed by atoms with Crippen LogP contribution < -0.4 is 0 Å². The van der Waals surface area contributed by atoms with E-state index >= 15 is 0 Å². The summed E-state index contributed by atoms with van der Waals surface area (Å²) in [6.45, 7) is 4.98. The summed E-state index contributed by atoms with van der Waals surface area (Å²) in [5.41, 5.74) is 0.107. The molecule has 0 spiro atoms. The van der Waals surface area contributed by atoms with Crippen molar-refractivity contribution in [1.82, 2.24) is 0 Å². The molecule has 0 aliphatic carbocycles. The van der Waals surface area contributed by atoms with Gasteiger partial charge >= 0.3 is 5.97 Å². The van der Waals surface area contributed by atoms with E-state index in [2.05, 4.69) is 6.58 Å². The van der Waals surface area contributed by atoms with E-state index in [4.69, 9.17) is 14.6 Å². The van der Waals surface area contributed by atoms with Crippen LogP contribution in [0.1, 0.15) is 26.2 Å². The van der Waals surface area contributed by atoms with Crippen molar-refractivity contribution in [2.24, 2.45) is 5.92 Å². The van der Waals surface area contributed by atoms with Crippen molar-refractivity contribution in [1.29, 1.82) is 0 Å². The fraction of sp³-hybridized carbons (Fsp3) is 0.750. The number of carbonyl (C=O) groups excluding carboxylic acids is 1. The second-order valence-electron chi connectivity index (χ2n) is 4.65. The Morgan fingerprint density at radius 2 is 2.38 bits per heavy atom. The van der Waals surface area contributed by atoms with Gasteiger partial charge in [0.2, 0.25) is 0 Å². The van der Waals surface area contributed by atoms with Crippen LogP contribution in [0, 0.1) is 5.92 Å². The first-order valence-corrected chi connectivity index (χ1v) is 5.77. The fourth-order valence-electron chi connectivity index (χ4n) is 2.58. The second kappa shape index (κ2) is 4.55. The van der Waals surface area contributed by atoms with Crippen LogP contribution in [0.2, 0.25) is 0 Å². The van der Waals surface area contributed by atoms with E-state index in [1.54, 1.807) is 0 Å². The Hall–Kier alpha value is -0.870. The Kier molecular flexibility index (Phi) is 3.30. The largest absolute Gasteiger partial charge is 0.459 e. The summed E-state index contributed by atoms with van der Waals surface area (Å²) < 4.78 is 11.0. The van der Waals surface area contributed by atoms with Gasteiger partial charge in [0.25, 0.3) is 0 Å². The van der Waals surface area contributed by atoms with Crippen molar-refractivity contribution >= 4 is 5.97 Å². The van der Waals surface area contributed by atoms with Crippen LogP contribution in [-0.4, -0.2) is 36.0 Å². The van der Waals surface area contributed by atoms with Gasteiger partial charge in [0, 0.05) is 5.92 Å². The first-order valence-electron chi connectivity index (χ1n) is 5.77. The van der Waals surface area contributed by atoms with Crippen molar-refractivity contribution < 1.29 is 19.4 Å². The van der Waals surface area contributed by atoms with Gasteiger partial charge in [0.1, 0.15) is 6.10 Å². The summed E-state index contributed by atoms with van der Waals surface area (Å²) in [7, 11) is 0. The third-order valence-corrected chi connectivity index (χ3v) is 3.53. The number of fused-ring (bicyclic) bond motifs is 2. The van der Waals surface area contributed by atoms with Gasteiger partial charge in [-0.2, -0.15) is 0 Å². The fourth-order valence-corrected chi connectivity index (χ4v) is 2.58. The van der Waals surface area contributed by atoms with Crippen molar-refractivity contribution in [2.75, 3.05) is 6.61 Å². The second-order valence-corrected chi connectivity index (χ2v) is 4.65. The van der Waals surface area contributed by atoms with E-state index in [9.17, 15) is 4.79 Å². The van der Waals surface area contributed by atoms with Crippen LogP contribution in [0.4, 0.5) is 0 Å². The summed E-state index contributed by atoms with van der Waals surface area (Å²) in [5.74, 6) is -0.202. The molecule has 4 atom stereocenters. The van der Waals surface area contributed by atoms with Gasteiger partial charge in [-0.05, 0) is 26.2 Å². The van der Waals surface area contributed by atoms with E-state index in [0.717, 1.165) is 19.3 Å². The third kappa shape index (κ3) is 2.13. The minimum Gasteiger partial charge on any atom is -0.459 e. The molecule has 0 aromatic rings. The van der Waals surface area contributed by atoms with Crippen LogP contribution in [-0.2, 0) is 14.3 Å². The van der Waals surface area contributed by atoms with E-state index in [1.807, 2.05) is 6.92 Å². The molecule has 2 bridgehead atoms. The minimum absolute atomic E-state index is 0.107. The summed E-state index contributed by atoms with van der Waals surface area (Å²) in [4.78, 5) is 11.4. The molecule has 0 amide bonds. The highest BCUT2D eigenvalue weighted by Crippen LogP contribution is 2.41. The van der Waals surface area contributed by atoms with Crippen molar-refractivity contribution in [3.8, 4) is 0 Å². The Morgan fingerprint density at radius 3 is 2.88 bits per heavy atom. The van der Waals surface area contributed by atoms with Crippen molar-refractivity contribution in [3.05, 3.63) is 12.2 Å². The number of carbonyl (C=O) groups is 1. The number of hydrogen-bond acceptors (Lipinski definition) is 4. The molecule has 4 unspecified atom stereocenters. The van der Waals surface area contributed by atoms with Gasteiger partial charge in [0.15, 0.2) is 0 Å². The molecule has 2 rings (SSSR count). The number of aliphatic hydroxyl groups is 1. The van der Waals surface area contributed by atoms with Crippen LogP contribution in [0.15, 0.2) is 12.2 Å². The number of aliphatic hydroxyl groups excluding tert-OH is 1. The molecule has 0 aromatic heterocycles. The number of ether oxygens (including phenoxy) is 2. The van der Waals surface area contributed by atoms with E-state index in [1.165, 1.54) is 0 Å². The quantitative estimate of drug-likeness (QED) is 0.574. The molecule has 0 saturated carbocycles. The molecule has 2 aliphatic heterocycles. The maximum absolute atomic E-state index is 11.4. The van der Waals surface area contributed by atoms with Gasteiger partial charge < -0.3 is 14.6 Å². The van der Waals surface area contributed by atoms with Gasteiger partial charge in [-0.25, -0.2) is 4.79 Å². The molecule has 2 aliphatic rings. The van der Waals surface area contributed by atoms with E-state index < -0.39 is 5.97 Å². The normalized spacial score (nSPS) is 33.8. The smallest absolute Gasteiger partial charge is 0.336 e. The first-order chi connectivity index (χ1) is 7.61. The van der Waals surface area contributed by atoms with Crippen LogP contribution >= 0.6 is 0 Å². The summed E-state index contributed by atoms with van der Waals surface area (Å²) in [5, 5.41) is 8.76. The van der Waals surface area contributed by atoms with Crippen LogP contribution in [0.3, 0.4) is 0 Å². The predicted molar refractivity (Wildman–Crippen MR) is 57.8 cm³/mol. The lowest BCUT2D eigenvalue weighted by molar-refractivity contribution is -0.147. The van der Waals surface area contributed by atoms with E-state index in [-0.39, 0.29) is 24.4 Å². The zero-order valence-corrected chi connectivity index (χ0v) is 9.52. The molecular formula is C12H18O4. The van der Waals surface area contributed by atoms with Crippen molar-refractivity contribution in [2.45, 2.75) is 44.5 Å². The third-order valence-electron chi connectivity index (χ3n) is 3.53.